The predicted molar refractivity (Wildman–Crippen MR) is 64.4 cm³/mol. The Morgan fingerprint density at radius 3 is 2.80 bits per heavy atom. The van der Waals surface area contributed by atoms with Gasteiger partial charge in [-0.05, 0) is 43.6 Å². The highest BCUT2D eigenvalue weighted by Gasteiger charge is 2.30. The first-order chi connectivity index (χ1) is 7.08. The number of aliphatic hydroxyl groups is 1. The van der Waals surface area contributed by atoms with Crippen molar-refractivity contribution in [1.29, 1.82) is 0 Å². The Balaban J connectivity index is 2.46. The maximum absolute atomic E-state index is 9.83. The lowest BCUT2D eigenvalue weighted by Gasteiger charge is -2.28. The van der Waals surface area contributed by atoms with Crippen LogP contribution in [0.1, 0.15) is 52.9 Å². The van der Waals surface area contributed by atoms with Gasteiger partial charge in [-0.1, -0.05) is 19.9 Å². The molecule has 0 bridgehead atoms. The molecule has 1 rings (SSSR count). The molecule has 0 heterocycles. The second-order valence-electron chi connectivity index (χ2n) is 4.92. The fourth-order valence-electron chi connectivity index (χ4n) is 2.30. The Morgan fingerprint density at radius 1 is 1.53 bits per heavy atom. The maximum atomic E-state index is 9.83. The molecule has 0 saturated carbocycles. The number of hydrogen-bond donors (Lipinski definition) is 1. The van der Waals surface area contributed by atoms with Gasteiger partial charge in [-0.2, -0.15) is 0 Å². The molecule has 15 heavy (non-hydrogen) atoms. The Morgan fingerprint density at radius 2 is 2.27 bits per heavy atom. The molecule has 1 N–H and O–H groups in total. The van der Waals surface area contributed by atoms with Crippen LogP contribution in [-0.4, -0.2) is 11.2 Å². The third-order valence-corrected chi connectivity index (χ3v) is 3.23. The van der Waals surface area contributed by atoms with Crippen molar-refractivity contribution in [3.05, 3.63) is 11.6 Å². The van der Waals surface area contributed by atoms with E-state index in [4.69, 9.17) is 0 Å². The van der Waals surface area contributed by atoms with Crippen LogP contribution in [0.2, 0.25) is 0 Å². The minimum absolute atomic E-state index is 0.144. The van der Waals surface area contributed by atoms with Crippen LogP contribution in [0.25, 0.3) is 0 Å². The minimum Gasteiger partial charge on any atom is -0.389 e. The molecule has 1 heteroatoms. The van der Waals surface area contributed by atoms with Gasteiger partial charge in [0.1, 0.15) is 0 Å². The van der Waals surface area contributed by atoms with E-state index in [0.29, 0.717) is 0 Å². The van der Waals surface area contributed by atoms with Crippen molar-refractivity contribution in [2.45, 2.75) is 59.0 Å². The molecule has 0 saturated heterocycles. The number of unbranched alkanes of at least 4 members (excludes halogenated alkanes) is 1. The summed E-state index contributed by atoms with van der Waals surface area (Å²) in [5, 5.41) is 9.83. The molecule has 0 spiro atoms. The topological polar surface area (TPSA) is 20.2 Å². The minimum atomic E-state index is -0.197. The van der Waals surface area contributed by atoms with Crippen LogP contribution in [-0.2, 0) is 0 Å². The van der Waals surface area contributed by atoms with Gasteiger partial charge in [0.15, 0.2) is 0 Å². The molecule has 1 aliphatic carbocycles. The smallest absolute Gasteiger partial charge is 0.0758 e. The van der Waals surface area contributed by atoms with Crippen LogP contribution in [0.5, 0.6) is 0 Å². The number of allylic oxidation sites excluding steroid dienone is 1. The Hall–Kier alpha value is -0.740. The van der Waals surface area contributed by atoms with Gasteiger partial charge >= 0.3 is 0 Å². The molecular formula is C14H22O. The molecule has 0 radical (unpaired) electrons. The maximum Gasteiger partial charge on any atom is 0.0758 e. The predicted octanol–water partition coefficient (Wildman–Crippen LogP) is 3.29. The first-order valence-electron chi connectivity index (χ1n) is 5.86. The summed E-state index contributed by atoms with van der Waals surface area (Å²) >= 11 is 0. The zero-order valence-corrected chi connectivity index (χ0v) is 10.1. The van der Waals surface area contributed by atoms with Crippen molar-refractivity contribution < 1.29 is 5.11 Å². The highest BCUT2D eigenvalue weighted by Crippen LogP contribution is 2.38. The van der Waals surface area contributed by atoms with Gasteiger partial charge in [0.2, 0.25) is 0 Å². The van der Waals surface area contributed by atoms with Crippen molar-refractivity contribution in [1.82, 2.24) is 0 Å². The Kier molecular flexibility index (Phi) is 4.42. The quantitative estimate of drug-likeness (QED) is 0.425. The molecule has 0 aliphatic heterocycles. The zero-order chi connectivity index (χ0) is 11.3. The summed E-state index contributed by atoms with van der Waals surface area (Å²) in [7, 11) is 0. The van der Waals surface area contributed by atoms with Crippen molar-refractivity contribution >= 4 is 0 Å². The van der Waals surface area contributed by atoms with Crippen molar-refractivity contribution in [3.63, 3.8) is 0 Å². The van der Waals surface area contributed by atoms with Gasteiger partial charge in [-0.25, -0.2) is 0 Å². The summed E-state index contributed by atoms with van der Waals surface area (Å²) in [6.07, 6.45) is 7.18. The van der Waals surface area contributed by atoms with Gasteiger partial charge in [0.05, 0.1) is 6.10 Å². The van der Waals surface area contributed by atoms with E-state index < -0.39 is 0 Å². The second kappa shape index (κ2) is 5.37. The summed E-state index contributed by atoms with van der Waals surface area (Å²) in [6.45, 7) is 6.34. The normalized spacial score (nSPS) is 20.8. The highest BCUT2D eigenvalue weighted by atomic mass is 16.3. The summed E-state index contributed by atoms with van der Waals surface area (Å²) in [5.74, 6) is 6.01. The van der Waals surface area contributed by atoms with Gasteiger partial charge in [0, 0.05) is 6.42 Å². The molecule has 1 nitrogen and oxygen atoms in total. The van der Waals surface area contributed by atoms with Crippen LogP contribution in [0.4, 0.5) is 0 Å². The lowest BCUT2D eigenvalue weighted by Crippen LogP contribution is -2.22. The van der Waals surface area contributed by atoms with Crippen LogP contribution in [0.3, 0.4) is 0 Å². The molecule has 1 aliphatic rings. The average molecular weight is 206 g/mol. The lowest BCUT2D eigenvalue weighted by molar-refractivity contribution is 0.180. The van der Waals surface area contributed by atoms with E-state index in [-0.39, 0.29) is 11.5 Å². The molecule has 0 aromatic heterocycles. The van der Waals surface area contributed by atoms with Crippen molar-refractivity contribution in [2.75, 3.05) is 0 Å². The zero-order valence-electron chi connectivity index (χ0n) is 10.1. The first-order valence-corrected chi connectivity index (χ1v) is 5.86. The van der Waals surface area contributed by atoms with Gasteiger partial charge in [-0.15, -0.1) is 11.8 Å². The van der Waals surface area contributed by atoms with Crippen LogP contribution in [0.15, 0.2) is 11.6 Å². The molecular weight excluding hydrogens is 184 g/mol. The molecule has 0 aromatic rings. The van der Waals surface area contributed by atoms with Crippen LogP contribution >= 0.6 is 0 Å². The summed E-state index contributed by atoms with van der Waals surface area (Å²) in [5.41, 5.74) is 1.39. The monoisotopic (exact) mass is 206 g/mol. The van der Waals surface area contributed by atoms with Crippen molar-refractivity contribution in [3.8, 4) is 11.8 Å². The van der Waals surface area contributed by atoms with E-state index in [9.17, 15) is 5.11 Å². The van der Waals surface area contributed by atoms with E-state index in [0.717, 1.165) is 32.1 Å². The summed E-state index contributed by atoms with van der Waals surface area (Å²) in [4.78, 5) is 0. The second-order valence-corrected chi connectivity index (χ2v) is 4.92. The number of aliphatic hydroxyl groups excluding tert-OH is 1. The Labute approximate surface area is 93.6 Å². The number of hydrogen-bond acceptors (Lipinski definition) is 1. The largest absolute Gasteiger partial charge is 0.389 e. The molecule has 1 atom stereocenters. The van der Waals surface area contributed by atoms with E-state index in [1.807, 2.05) is 6.92 Å². The Bertz CT molecular complexity index is 288. The van der Waals surface area contributed by atoms with Gasteiger partial charge in [0.25, 0.3) is 0 Å². The van der Waals surface area contributed by atoms with Crippen LogP contribution in [0, 0.1) is 17.3 Å². The van der Waals surface area contributed by atoms with Gasteiger partial charge in [-0.3, -0.25) is 0 Å². The molecule has 1 unspecified atom stereocenters. The average Bonchev–Trinajstić information content (AvgIpc) is 2.60. The lowest BCUT2D eigenvalue weighted by atomic mass is 9.78. The third kappa shape index (κ3) is 3.39. The van der Waals surface area contributed by atoms with E-state index >= 15 is 0 Å². The first kappa shape index (κ1) is 12.3. The third-order valence-electron chi connectivity index (χ3n) is 3.23. The molecule has 0 fully saturated rings. The van der Waals surface area contributed by atoms with E-state index in [2.05, 4.69) is 31.8 Å². The fraction of sp³-hybridized carbons (Fsp3) is 0.714. The van der Waals surface area contributed by atoms with E-state index in [1.54, 1.807) is 0 Å². The molecule has 0 amide bonds. The SMILES string of the molecule is CC#CCCCC(C)(C)C1=CCCC1O. The standard InChI is InChI=1S/C14H22O/c1-4-5-6-7-11-14(2,3)12-9-8-10-13(12)15/h9,13,15H,6-8,10-11H2,1-3H3. The van der Waals surface area contributed by atoms with Crippen molar-refractivity contribution in [2.24, 2.45) is 5.41 Å². The van der Waals surface area contributed by atoms with Crippen LogP contribution < -0.4 is 0 Å². The summed E-state index contributed by atoms with van der Waals surface area (Å²) in [6, 6.07) is 0. The highest BCUT2D eigenvalue weighted by molar-refractivity contribution is 5.21. The fourth-order valence-corrected chi connectivity index (χ4v) is 2.30. The van der Waals surface area contributed by atoms with E-state index in [1.165, 1.54) is 5.57 Å². The molecule has 84 valence electrons. The van der Waals surface area contributed by atoms with Gasteiger partial charge < -0.3 is 5.11 Å². The summed E-state index contributed by atoms with van der Waals surface area (Å²) < 4.78 is 0. The number of rotatable bonds is 4. The molecule has 0 aromatic carbocycles.